The van der Waals surface area contributed by atoms with Crippen LogP contribution < -0.4 is 32.2 Å². The molecule has 64 heavy (non-hydrogen) atoms. The van der Waals surface area contributed by atoms with Gasteiger partial charge in [0.2, 0.25) is 23.1 Å². The Balaban J connectivity index is 1.41. The zero-order valence-corrected chi connectivity index (χ0v) is 37.0. The average Bonchev–Trinajstić information content (AvgIpc) is 4.00. The quantitative estimate of drug-likeness (QED) is 0.146. The molecule has 3 aromatic carbocycles. The van der Waals surface area contributed by atoms with E-state index in [4.69, 9.17) is 25.9 Å². The highest BCUT2D eigenvalue weighted by molar-refractivity contribution is 5.99. The fourth-order valence-corrected chi connectivity index (χ4v) is 7.61. The second-order valence-corrected chi connectivity index (χ2v) is 15.5. The molecule has 0 saturated heterocycles. The molecule has 0 atom stereocenters. The molecular formula is C46H50N12O6. The second kappa shape index (κ2) is 17.8. The molecule has 0 radical (unpaired) electrons. The predicted molar refractivity (Wildman–Crippen MR) is 240 cm³/mol. The highest BCUT2D eigenvalue weighted by Crippen LogP contribution is 2.30. The third kappa shape index (κ3) is 8.44. The third-order valence-electron chi connectivity index (χ3n) is 11.1. The Morgan fingerprint density at radius 2 is 1.31 bits per heavy atom. The summed E-state index contributed by atoms with van der Waals surface area (Å²) in [5.41, 5.74) is 19.5. The van der Waals surface area contributed by atoms with Crippen molar-refractivity contribution in [3.05, 3.63) is 135 Å². The van der Waals surface area contributed by atoms with Crippen LogP contribution in [0.1, 0.15) is 79.4 Å². The van der Waals surface area contributed by atoms with Crippen LogP contribution in [0.25, 0.3) is 28.3 Å². The standard InChI is InChI=1S/C46H50N12O6/c1-10-57-37(18-28(5)51-57)43(61)49-45-53(7)35-20-31(41(47)59)14-17-34(35)55(45)23-26(3)27(4)24-56-40-36(54(8)46(56)50-44(62)38-19-29(6)52-58(38)11-2)21-32(42(48)60)22-39(40)64-25-30-12-15-33(63-9)16-13-30/h10,12-22H,1,11,23-25H2,2-9H3,(H2,47,59)(H2,48,60)/b27-26+,49-45?,50-46?. The molecule has 4 heterocycles. The first-order valence-corrected chi connectivity index (χ1v) is 20.4. The van der Waals surface area contributed by atoms with Crippen molar-refractivity contribution in [3.8, 4) is 11.5 Å². The Labute approximate surface area is 367 Å². The summed E-state index contributed by atoms with van der Waals surface area (Å²) in [7, 11) is 5.11. The van der Waals surface area contributed by atoms with E-state index in [-0.39, 0.29) is 36.6 Å². The number of methoxy groups -OCH3 is 1. The zero-order valence-electron chi connectivity index (χ0n) is 37.0. The van der Waals surface area contributed by atoms with Crippen LogP contribution in [-0.4, -0.2) is 68.6 Å². The van der Waals surface area contributed by atoms with Crippen LogP contribution in [0.3, 0.4) is 0 Å². The number of carbonyl (C=O) groups is 4. The molecule has 0 unspecified atom stereocenters. The summed E-state index contributed by atoms with van der Waals surface area (Å²) in [5, 5.41) is 8.78. The smallest absolute Gasteiger partial charge is 0.298 e. The lowest BCUT2D eigenvalue weighted by atomic mass is 10.1. The molecule has 0 aliphatic heterocycles. The van der Waals surface area contributed by atoms with Crippen LogP contribution in [0.15, 0.2) is 94.4 Å². The lowest BCUT2D eigenvalue weighted by Gasteiger charge is -2.15. The monoisotopic (exact) mass is 866 g/mol. The first-order valence-electron chi connectivity index (χ1n) is 20.4. The van der Waals surface area contributed by atoms with Gasteiger partial charge in [0.15, 0.2) is 0 Å². The molecule has 0 spiro atoms. The molecule has 18 nitrogen and oxygen atoms in total. The molecule has 7 aromatic rings. The number of aromatic nitrogens is 8. The van der Waals surface area contributed by atoms with Gasteiger partial charge in [0.1, 0.15) is 35.0 Å². The maximum absolute atomic E-state index is 14.1. The van der Waals surface area contributed by atoms with Crippen LogP contribution in [0.2, 0.25) is 0 Å². The number of allylic oxidation sites excluding steroid dienone is 2. The van der Waals surface area contributed by atoms with Gasteiger partial charge in [-0.1, -0.05) is 29.9 Å². The molecule has 4 N–H and O–H groups in total. The molecule has 18 heteroatoms. The number of ether oxygens (including phenoxy) is 2. The van der Waals surface area contributed by atoms with Gasteiger partial charge in [0.05, 0.1) is 35.0 Å². The van der Waals surface area contributed by atoms with Crippen molar-refractivity contribution >= 4 is 51.9 Å². The lowest BCUT2D eigenvalue weighted by Crippen LogP contribution is -2.28. The Kier molecular flexibility index (Phi) is 12.2. The topological polar surface area (TPSA) is 219 Å². The minimum atomic E-state index is -0.661. The van der Waals surface area contributed by atoms with E-state index in [2.05, 4.69) is 21.8 Å². The SMILES string of the molecule is C=Cn1nc(C)cc1C(=O)N=c1n(C)c2cc(C(N)=O)ccc2n1C/C(C)=C(\C)Cn1c(=NC(=O)c2cc(C)nn2CC)n(C)c2cc(C(N)=O)cc(OCc3ccc(OC)cc3)c21. The highest BCUT2D eigenvalue weighted by atomic mass is 16.5. The van der Waals surface area contributed by atoms with Crippen LogP contribution in [0.5, 0.6) is 11.5 Å². The van der Waals surface area contributed by atoms with E-state index in [1.54, 1.807) is 84.4 Å². The Morgan fingerprint density at radius 3 is 1.94 bits per heavy atom. The van der Waals surface area contributed by atoms with Gasteiger partial charge in [-0.2, -0.15) is 20.2 Å². The van der Waals surface area contributed by atoms with Gasteiger partial charge in [-0.25, -0.2) is 4.68 Å². The number of amides is 4. The third-order valence-corrected chi connectivity index (χ3v) is 11.1. The highest BCUT2D eigenvalue weighted by Gasteiger charge is 2.22. The maximum Gasteiger partial charge on any atom is 0.298 e. The number of benzene rings is 3. The molecule has 7 rings (SSSR count). The van der Waals surface area contributed by atoms with E-state index >= 15 is 0 Å². The molecule has 0 aliphatic carbocycles. The van der Waals surface area contributed by atoms with E-state index in [9.17, 15) is 19.2 Å². The Bertz CT molecular complexity index is 3220. The predicted octanol–water partition coefficient (Wildman–Crippen LogP) is 4.71. The molecule has 330 valence electrons. The average molecular weight is 867 g/mol. The number of imidazole rings is 2. The number of nitrogens with two attached hydrogens (primary N) is 2. The van der Waals surface area contributed by atoms with Crippen LogP contribution >= 0.6 is 0 Å². The fraction of sp³-hybridized carbons (Fsp3) is 0.261. The zero-order chi connectivity index (χ0) is 46.1. The van der Waals surface area contributed by atoms with E-state index in [0.717, 1.165) is 16.7 Å². The van der Waals surface area contributed by atoms with E-state index < -0.39 is 23.6 Å². The van der Waals surface area contributed by atoms with E-state index in [1.807, 2.05) is 61.1 Å². The number of primary amides is 2. The van der Waals surface area contributed by atoms with Gasteiger partial charge in [-0.3, -0.25) is 23.9 Å². The molecular weight excluding hydrogens is 817 g/mol. The summed E-state index contributed by atoms with van der Waals surface area (Å²) in [6, 6.07) is 19.1. The largest absolute Gasteiger partial charge is 0.497 e. The summed E-state index contributed by atoms with van der Waals surface area (Å²) in [4.78, 5) is 62.2. The van der Waals surface area contributed by atoms with Gasteiger partial charge < -0.3 is 39.2 Å². The Morgan fingerprint density at radius 1 is 0.734 bits per heavy atom. The number of hydrogen-bond donors (Lipinski definition) is 2. The van der Waals surface area contributed by atoms with Gasteiger partial charge >= 0.3 is 0 Å². The van der Waals surface area contributed by atoms with Crippen LogP contribution in [0.4, 0.5) is 0 Å². The minimum Gasteiger partial charge on any atom is -0.497 e. The van der Waals surface area contributed by atoms with Crippen molar-refractivity contribution in [1.82, 2.24) is 37.8 Å². The van der Waals surface area contributed by atoms with Gasteiger partial charge in [-0.05, 0) is 94.8 Å². The normalized spacial score (nSPS) is 12.6. The number of aryl methyl sites for hydroxylation is 5. The Hall–Kier alpha value is -8.02. The maximum atomic E-state index is 14.1. The lowest BCUT2D eigenvalue weighted by molar-refractivity contribution is 0.0979. The van der Waals surface area contributed by atoms with Gasteiger partial charge in [0, 0.05) is 51.1 Å². The molecule has 0 bridgehead atoms. The van der Waals surface area contributed by atoms with Crippen molar-refractivity contribution in [2.45, 2.75) is 60.9 Å². The van der Waals surface area contributed by atoms with Gasteiger partial charge in [-0.15, -0.1) is 0 Å². The number of carbonyl (C=O) groups excluding carboxylic acids is 4. The van der Waals surface area contributed by atoms with Crippen molar-refractivity contribution in [2.24, 2.45) is 35.5 Å². The van der Waals surface area contributed by atoms with Crippen molar-refractivity contribution in [3.63, 3.8) is 0 Å². The summed E-state index contributed by atoms with van der Waals surface area (Å²) < 4.78 is 22.0. The summed E-state index contributed by atoms with van der Waals surface area (Å²) in [5.74, 6) is -1.29. The van der Waals surface area contributed by atoms with Crippen molar-refractivity contribution in [1.29, 1.82) is 0 Å². The summed E-state index contributed by atoms with van der Waals surface area (Å²) in [6.45, 7) is 14.2. The van der Waals surface area contributed by atoms with Crippen molar-refractivity contribution in [2.75, 3.05) is 7.11 Å². The summed E-state index contributed by atoms with van der Waals surface area (Å²) in [6.07, 6.45) is 1.43. The van der Waals surface area contributed by atoms with E-state index in [0.29, 0.717) is 68.4 Å². The van der Waals surface area contributed by atoms with Crippen LogP contribution in [0, 0.1) is 13.8 Å². The first-order chi connectivity index (χ1) is 30.5. The van der Waals surface area contributed by atoms with Crippen molar-refractivity contribution < 1.29 is 28.7 Å². The minimum absolute atomic E-state index is 0.137. The molecule has 4 aromatic heterocycles. The van der Waals surface area contributed by atoms with Gasteiger partial charge in [0.25, 0.3) is 11.8 Å². The molecule has 0 saturated carbocycles. The van der Waals surface area contributed by atoms with E-state index in [1.165, 1.54) is 10.9 Å². The first kappa shape index (κ1) is 44.0. The number of fused-ring (bicyclic) bond motifs is 2. The summed E-state index contributed by atoms with van der Waals surface area (Å²) >= 11 is 0. The number of rotatable bonds is 14. The molecule has 0 aliphatic rings. The number of nitrogens with zero attached hydrogens (tertiary/aromatic N) is 10. The molecule has 4 amide bonds. The molecule has 0 fully saturated rings. The number of hydrogen-bond acceptors (Lipinski definition) is 8. The fourth-order valence-electron chi connectivity index (χ4n) is 7.61. The van der Waals surface area contributed by atoms with Crippen LogP contribution in [-0.2, 0) is 40.3 Å². The second-order valence-electron chi connectivity index (χ2n) is 15.5.